The SMILES string of the molecule is CC1OC2C3=C(C(=O)c4c(cc5c(c4O)[C@H](C)O[C@@H](CC(=O)O)C5)C3=O)C23C(O)C13O. The summed E-state index contributed by atoms with van der Waals surface area (Å²) in [7, 11) is 0. The Morgan fingerprint density at radius 1 is 1.23 bits per heavy atom. The van der Waals surface area contributed by atoms with Gasteiger partial charge in [0.2, 0.25) is 0 Å². The first-order valence-electron chi connectivity index (χ1n) is 10.2. The third-order valence-corrected chi connectivity index (χ3v) is 7.77. The Labute approximate surface area is 175 Å². The molecule has 5 unspecified atom stereocenters. The van der Waals surface area contributed by atoms with Crippen LogP contribution in [0.1, 0.15) is 58.2 Å². The summed E-state index contributed by atoms with van der Waals surface area (Å²) in [4.78, 5) is 37.9. The quantitative estimate of drug-likeness (QED) is 0.526. The number of aromatic hydroxyl groups is 1. The topological polar surface area (TPSA) is 151 Å². The minimum atomic E-state index is -1.63. The van der Waals surface area contributed by atoms with Gasteiger partial charge < -0.3 is 29.9 Å². The molecule has 1 saturated carbocycles. The van der Waals surface area contributed by atoms with Crippen LogP contribution in [0.2, 0.25) is 0 Å². The number of fused-ring (bicyclic) bond motifs is 3. The lowest BCUT2D eigenvalue weighted by Gasteiger charge is -2.41. The van der Waals surface area contributed by atoms with Crippen molar-refractivity contribution in [2.75, 3.05) is 0 Å². The average molecular weight is 428 g/mol. The van der Waals surface area contributed by atoms with Crippen LogP contribution >= 0.6 is 0 Å². The van der Waals surface area contributed by atoms with E-state index in [1.165, 1.54) is 6.07 Å². The standard InChI is InChI=1S/C22H20O9/c1-6-12-8(3-9(30-6)5-11(23)24)4-10-13(17(12)26)18(27)15-14(16(10)25)19-21(15)20(28)22(21,29)7(2)31-19/h4,6-7,9,19-20,26,28-29H,3,5H2,1-2H3,(H,23,24)/t6-,7?,9+,19?,20?,21?,22?/m0/s1. The minimum Gasteiger partial charge on any atom is -0.507 e. The van der Waals surface area contributed by atoms with Crippen molar-refractivity contribution >= 4 is 17.5 Å². The molecule has 2 fully saturated rings. The van der Waals surface area contributed by atoms with Crippen molar-refractivity contribution in [1.29, 1.82) is 0 Å². The monoisotopic (exact) mass is 428 g/mol. The van der Waals surface area contributed by atoms with E-state index < -0.39 is 59.1 Å². The van der Waals surface area contributed by atoms with Crippen molar-refractivity contribution in [2.24, 2.45) is 5.41 Å². The molecule has 9 heteroatoms. The number of ether oxygens (including phenoxy) is 2. The van der Waals surface area contributed by atoms with E-state index >= 15 is 0 Å². The molecule has 0 aromatic heterocycles. The van der Waals surface area contributed by atoms with Crippen LogP contribution in [0.4, 0.5) is 0 Å². The molecule has 162 valence electrons. The molecule has 2 aliphatic heterocycles. The fourth-order valence-corrected chi connectivity index (χ4v) is 6.40. The Hall–Kier alpha value is -2.59. The van der Waals surface area contributed by atoms with Gasteiger partial charge in [0.25, 0.3) is 0 Å². The van der Waals surface area contributed by atoms with Crippen molar-refractivity contribution < 1.29 is 44.3 Å². The number of aliphatic hydroxyl groups is 2. The highest BCUT2D eigenvalue weighted by atomic mass is 16.5. The predicted molar refractivity (Wildman–Crippen MR) is 101 cm³/mol. The molecule has 6 rings (SSSR count). The lowest BCUT2D eigenvalue weighted by molar-refractivity contribution is -0.141. The lowest BCUT2D eigenvalue weighted by Crippen LogP contribution is -2.49. The largest absolute Gasteiger partial charge is 0.507 e. The number of carboxylic acid groups (broad SMARTS) is 1. The number of aliphatic carboxylic acids is 1. The van der Waals surface area contributed by atoms with Gasteiger partial charge in [-0.1, -0.05) is 0 Å². The van der Waals surface area contributed by atoms with Gasteiger partial charge in [-0.3, -0.25) is 14.4 Å². The van der Waals surface area contributed by atoms with Crippen LogP contribution in [0.5, 0.6) is 5.75 Å². The number of benzene rings is 1. The fraction of sp³-hybridized carbons (Fsp3) is 0.500. The molecule has 0 radical (unpaired) electrons. The summed E-state index contributed by atoms with van der Waals surface area (Å²) in [6.07, 6.45) is -4.19. The van der Waals surface area contributed by atoms with Gasteiger partial charge in [-0.2, -0.15) is 0 Å². The summed E-state index contributed by atoms with van der Waals surface area (Å²) in [5, 5.41) is 41.5. The molecule has 3 aliphatic carbocycles. The number of ketones is 2. The van der Waals surface area contributed by atoms with Crippen molar-refractivity contribution in [1.82, 2.24) is 0 Å². The molecular weight excluding hydrogens is 408 g/mol. The van der Waals surface area contributed by atoms with Crippen LogP contribution < -0.4 is 0 Å². The second-order valence-corrected chi connectivity index (χ2v) is 9.13. The summed E-state index contributed by atoms with van der Waals surface area (Å²) < 4.78 is 11.4. The van der Waals surface area contributed by atoms with Crippen molar-refractivity contribution in [3.63, 3.8) is 0 Å². The van der Waals surface area contributed by atoms with Crippen LogP contribution in [0.3, 0.4) is 0 Å². The Kier molecular flexibility index (Phi) is 3.34. The first-order valence-corrected chi connectivity index (χ1v) is 10.2. The van der Waals surface area contributed by atoms with Crippen LogP contribution in [0.15, 0.2) is 17.2 Å². The van der Waals surface area contributed by atoms with E-state index in [-0.39, 0.29) is 40.9 Å². The summed E-state index contributed by atoms with van der Waals surface area (Å²) in [5.41, 5.74) is -2.04. The van der Waals surface area contributed by atoms with Gasteiger partial charge >= 0.3 is 5.97 Å². The van der Waals surface area contributed by atoms with E-state index in [4.69, 9.17) is 14.6 Å². The van der Waals surface area contributed by atoms with Crippen LogP contribution in [-0.4, -0.2) is 68.0 Å². The summed E-state index contributed by atoms with van der Waals surface area (Å²) in [6, 6.07) is 1.53. The first-order chi connectivity index (χ1) is 14.6. The Morgan fingerprint density at radius 2 is 1.94 bits per heavy atom. The van der Waals surface area contributed by atoms with E-state index in [1.54, 1.807) is 13.8 Å². The number of Topliss-reactive ketones (excluding diaryl/α,β-unsaturated/α-hetero) is 2. The number of rotatable bonds is 2. The number of phenols is 1. The van der Waals surface area contributed by atoms with Gasteiger partial charge in [-0.25, -0.2) is 0 Å². The van der Waals surface area contributed by atoms with Gasteiger partial charge in [0.1, 0.15) is 23.6 Å². The number of carbonyl (C=O) groups excluding carboxylic acids is 2. The van der Waals surface area contributed by atoms with Crippen molar-refractivity contribution in [2.45, 2.75) is 62.8 Å². The normalized spacial score (nSPS) is 41.6. The zero-order valence-corrected chi connectivity index (χ0v) is 16.7. The molecule has 0 bridgehead atoms. The third-order valence-electron chi connectivity index (χ3n) is 7.77. The molecule has 5 aliphatic rings. The van der Waals surface area contributed by atoms with Gasteiger partial charge in [-0.05, 0) is 31.9 Å². The summed E-state index contributed by atoms with van der Waals surface area (Å²) in [5.74, 6) is -2.48. The number of phenolic OH excluding ortho intramolecular Hbond substituents is 1. The van der Waals surface area contributed by atoms with E-state index in [1.807, 2.05) is 0 Å². The van der Waals surface area contributed by atoms with Gasteiger partial charge in [-0.15, -0.1) is 0 Å². The molecule has 4 N–H and O–H groups in total. The molecule has 1 aromatic carbocycles. The smallest absolute Gasteiger partial charge is 0.305 e. The van der Waals surface area contributed by atoms with Gasteiger partial charge in [0.05, 0.1) is 35.7 Å². The molecule has 1 aromatic rings. The molecule has 7 atom stereocenters. The second kappa shape index (κ2) is 5.42. The maximum absolute atomic E-state index is 13.4. The second-order valence-electron chi connectivity index (χ2n) is 9.13. The molecule has 9 nitrogen and oxygen atoms in total. The number of hydrogen-bond acceptors (Lipinski definition) is 8. The highest BCUT2D eigenvalue weighted by Crippen LogP contribution is 2.78. The van der Waals surface area contributed by atoms with Gasteiger partial charge in [0, 0.05) is 22.3 Å². The maximum Gasteiger partial charge on any atom is 0.305 e. The minimum absolute atomic E-state index is 0.0257. The van der Waals surface area contributed by atoms with Crippen LogP contribution in [-0.2, 0) is 20.7 Å². The Bertz CT molecular complexity index is 1170. The molecule has 1 saturated heterocycles. The Morgan fingerprint density at radius 3 is 2.58 bits per heavy atom. The molecule has 31 heavy (non-hydrogen) atoms. The first kappa shape index (κ1) is 19.1. The Balaban J connectivity index is 1.49. The zero-order chi connectivity index (χ0) is 22.2. The summed E-state index contributed by atoms with van der Waals surface area (Å²) >= 11 is 0. The lowest BCUT2D eigenvalue weighted by atomic mass is 9.61. The molecular formula is C22H20O9. The number of carboxylic acids is 1. The van der Waals surface area contributed by atoms with E-state index in [2.05, 4.69) is 0 Å². The number of hydrogen-bond donors (Lipinski definition) is 4. The van der Waals surface area contributed by atoms with E-state index in [0.717, 1.165) is 0 Å². The summed E-state index contributed by atoms with van der Waals surface area (Å²) in [6.45, 7) is 3.23. The fourth-order valence-electron chi connectivity index (χ4n) is 6.40. The van der Waals surface area contributed by atoms with Gasteiger partial charge in [0.15, 0.2) is 11.6 Å². The molecule has 1 spiro atoms. The van der Waals surface area contributed by atoms with E-state index in [0.29, 0.717) is 11.1 Å². The average Bonchev–Trinajstić information content (AvgIpc) is 3.12. The predicted octanol–water partition coefficient (Wildman–Crippen LogP) is 0.438. The zero-order valence-electron chi connectivity index (χ0n) is 16.7. The maximum atomic E-state index is 13.4. The number of aliphatic hydroxyl groups excluding tert-OH is 1. The molecule has 0 amide bonds. The molecule has 2 heterocycles. The van der Waals surface area contributed by atoms with E-state index in [9.17, 15) is 29.7 Å². The van der Waals surface area contributed by atoms with Crippen LogP contribution in [0.25, 0.3) is 0 Å². The highest BCUT2D eigenvalue weighted by Gasteiger charge is 2.93. The number of carbonyl (C=O) groups is 3. The third kappa shape index (κ3) is 1.83. The van der Waals surface area contributed by atoms with Crippen LogP contribution in [0, 0.1) is 5.41 Å². The van der Waals surface area contributed by atoms with Crippen molar-refractivity contribution in [3.8, 4) is 5.75 Å². The highest BCUT2D eigenvalue weighted by molar-refractivity contribution is 6.31. The van der Waals surface area contributed by atoms with Crippen molar-refractivity contribution in [3.05, 3.63) is 39.5 Å².